The van der Waals surface area contributed by atoms with Gasteiger partial charge in [-0.25, -0.2) is 0 Å². The van der Waals surface area contributed by atoms with Crippen LogP contribution in [0.5, 0.6) is 0 Å². The number of ether oxygens (including phenoxy) is 4. The molecule has 0 spiro atoms. The number of unbranched alkanes of at least 4 members (excludes halogenated alkanes) is 11. The molecule has 6 unspecified atom stereocenters. The van der Waals surface area contributed by atoms with Crippen LogP contribution in [-0.2, 0) is 23.7 Å². The van der Waals surface area contributed by atoms with Crippen molar-refractivity contribution < 1.29 is 44.2 Å². The lowest BCUT2D eigenvalue weighted by molar-refractivity contribution is -0.305. The molecule has 0 amide bonds. The molecule has 54 heavy (non-hydrogen) atoms. The molecule has 1 aliphatic heterocycles. The monoisotopic (exact) mass is 761 g/mol. The molecule has 0 radical (unpaired) electrons. The molecule has 1 saturated heterocycles. The van der Waals surface area contributed by atoms with E-state index in [0.29, 0.717) is 13.0 Å². The quantitative estimate of drug-likeness (QED) is 0.0288. The van der Waals surface area contributed by atoms with Gasteiger partial charge in [0, 0.05) is 13.0 Å². The summed E-state index contributed by atoms with van der Waals surface area (Å²) in [6.45, 7) is 4.32. The Kier molecular flexibility index (Phi) is 33.4. The Morgan fingerprint density at radius 2 is 1.13 bits per heavy atom. The fourth-order valence-corrected chi connectivity index (χ4v) is 5.81. The van der Waals surface area contributed by atoms with Gasteiger partial charge in [-0.15, -0.1) is 0 Å². The number of esters is 1. The van der Waals surface area contributed by atoms with Gasteiger partial charge in [-0.3, -0.25) is 4.79 Å². The van der Waals surface area contributed by atoms with Crippen LogP contribution in [0.1, 0.15) is 142 Å². The van der Waals surface area contributed by atoms with Crippen molar-refractivity contribution in [2.45, 2.75) is 179 Å². The van der Waals surface area contributed by atoms with E-state index >= 15 is 0 Å². The predicted octanol–water partition coefficient (Wildman–Crippen LogP) is 8.91. The minimum absolute atomic E-state index is 0.114. The number of hydrogen-bond acceptors (Lipinski definition) is 9. The lowest BCUT2D eigenvalue weighted by Crippen LogP contribution is -2.59. The van der Waals surface area contributed by atoms with Crippen molar-refractivity contribution in [3.05, 3.63) is 72.9 Å². The second-order valence-corrected chi connectivity index (χ2v) is 14.0. The van der Waals surface area contributed by atoms with Crippen LogP contribution in [0.25, 0.3) is 0 Å². The van der Waals surface area contributed by atoms with Crippen molar-refractivity contribution in [1.82, 2.24) is 0 Å². The molecule has 6 atom stereocenters. The highest BCUT2D eigenvalue weighted by atomic mass is 16.7. The summed E-state index contributed by atoms with van der Waals surface area (Å²) in [4.78, 5) is 12.7. The third-order valence-corrected chi connectivity index (χ3v) is 9.11. The fraction of sp³-hybridized carbons (Fsp3) is 0.711. The second-order valence-electron chi connectivity index (χ2n) is 14.0. The lowest BCUT2D eigenvalue weighted by Gasteiger charge is -2.39. The highest BCUT2D eigenvalue weighted by molar-refractivity contribution is 5.69. The van der Waals surface area contributed by atoms with Crippen LogP contribution in [0, 0.1) is 0 Å². The maximum absolute atomic E-state index is 12.7. The van der Waals surface area contributed by atoms with E-state index in [1.165, 1.54) is 51.4 Å². The molecule has 0 bridgehead atoms. The second kappa shape index (κ2) is 36.3. The number of aliphatic hydroxyl groups excluding tert-OH is 4. The zero-order chi connectivity index (χ0) is 39.3. The van der Waals surface area contributed by atoms with Crippen LogP contribution in [0.3, 0.4) is 0 Å². The van der Waals surface area contributed by atoms with E-state index in [0.717, 1.165) is 64.2 Å². The summed E-state index contributed by atoms with van der Waals surface area (Å²) in [6.07, 6.45) is 39.3. The van der Waals surface area contributed by atoms with E-state index < -0.39 is 43.4 Å². The first kappa shape index (κ1) is 49.6. The number of carbonyl (C=O) groups is 1. The van der Waals surface area contributed by atoms with Gasteiger partial charge in [0.1, 0.15) is 30.5 Å². The van der Waals surface area contributed by atoms with Gasteiger partial charge >= 0.3 is 5.97 Å². The Hall–Kier alpha value is -2.37. The molecule has 310 valence electrons. The van der Waals surface area contributed by atoms with Crippen LogP contribution in [0.4, 0.5) is 0 Å². The molecule has 9 heteroatoms. The number of allylic oxidation sites excluding steroid dienone is 12. The molecule has 1 aliphatic rings. The Morgan fingerprint density at radius 1 is 0.611 bits per heavy atom. The van der Waals surface area contributed by atoms with Crippen molar-refractivity contribution in [2.24, 2.45) is 0 Å². The van der Waals surface area contributed by atoms with E-state index in [-0.39, 0.29) is 25.6 Å². The van der Waals surface area contributed by atoms with Crippen LogP contribution in [0.15, 0.2) is 72.9 Å². The summed E-state index contributed by atoms with van der Waals surface area (Å²) in [7, 11) is 0. The van der Waals surface area contributed by atoms with Gasteiger partial charge in [0.2, 0.25) is 0 Å². The van der Waals surface area contributed by atoms with Gasteiger partial charge in [0.05, 0.1) is 19.8 Å². The summed E-state index contributed by atoms with van der Waals surface area (Å²) in [5.41, 5.74) is 0. The Labute approximate surface area is 327 Å². The summed E-state index contributed by atoms with van der Waals surface area (Å²) in [6, 6.07) is 0. The molecule has 1 heterocycles. The standard InChI is InChI=1S/C45H76O9/c1-3-5-7-9-11-13-15-17-19-20-21-22-24-26-28-30-32-34-41(47)53-39(38-52-45-44(50)43(49)42(48)40(36-46)54-45)37-51-35-33-31-29-27-25-23-18-16-14-12-10-8-6-4-2/h5,7,11,13-14,16-17,19,21-22,26,28,39-40,42-46,48-50H,3-4,6,8-10,12,15,18,20,23-25,27,29-38H2,1-2H3/b7-5-,13-11-,16-14-,19-17-,22-21-,28-26-. The van der Waals surface area contributed by atoms with Crippen molar-refractivity contribution in [2.75, 3.05) is 26.4 Å². The minimum atomic E-state index is -1.55. The van der Waals surface area contributed by atoms with E-state index in [4.69, 9.17) is 18.9 Å². The molecule has 4 N–H and O–H groups in total. The van der Waals surface area contributed by atoms with Gasteiger partial charge in [-0.05, 0) is 77.0 Å². The first-order valence-corrected chi connectivity index (χ1v) is 21.0. The summed E-state index contributed by atoms with van der Waals surface area (Å²) < 4.78 is 22.7. The first-order chi connectivity index (χ1) is 26.4. The average Bonchev–Trinajstić information content (AvgIpc) is 3.17. The third kappa shape index (κ3) is 27.2. The van der Waals surface area contributed by atoms with Crippen LogP contribution >= 0.6 is 0 Å². The molecule has 0 aliphatic carbocycles. The van der Waals surface area contributed by atoms with E-state index in [9.17, 15) is 25.2 Å². The number of carbonyl (C=O) groups excluding carboxylic acids is 1. The van der Waals surface area contributed by atoms with Crippen molar-refractivity contribution in [3.8, 4) is 0 Å². The molecule has 1 rings (SSSR count). The van der Waals surface area contributed by atoms with Crippen molar-refractivity contribution >= 4 is 5.97 Å². The number of rotatable bonds is 34. The number of hydrogen-bond donors (Lipinski definition) is 4. The third-order valence-electron chi connectivity index (χ3n) is 9.11. The zero-order valence-electron chi connectivity index (χ0n) is 33.7. The lowest BCUT2D eigenvalue weighted by atomic mass is 9.99. The predicted molar refractivity (Wildman–Crippen MR) is 219 cm³/mol. The molecule has 9 nitrogen and oxygen atoms in total. The highest BCUT2D eigenvalue weighted by Gasteiger charge is 2.44. The molecule has 1 fully saturated rings. The first-order valence-electron chi connectivity index (χ1n) is 21.0. The smallest absolute Gasteiger partial charge is 0.306 e. The number of aliphatic hydroxyl groups is 4. The Bertz CT molecular complexity index is 1050. The van der Waals surface area contributed by atoms with Gasteiger partial charge in [0.25, 0.3) is 0 Å². The van der Waals surface area contributed by atoms with E-state index in [1.54, 1.807) is 0 Å². The normalized spacial score (nSPS) is 21.6. The van der Waals surface area contributed by atoms with Crippen LogP contribution in [0.2, 0.25) is 0 Å². The summed E-state index contributed by atoms with van der Waals surface area (Å²) >= 11 is 0. The van der Waals surface area contributed by atoms with E-state index in [1.807, 2.05) is 0 Å². The average molecular weight is 761 g/mol. The Morgan fingerprint density at radius 3 is 1.72 bits per heavy atom. The van der Waals surface area contributed by atoms with Gasteiger partial charge < -0.3 is 39.4 Å². The van der Waals surface area contributed by atoms with Gasteiger partial charge in [0.15, 0.2) is 6.29 Å². The van der Waals surface area contributed by atoms with Crippen molar-refractivity contribution in [3.63, 3.8) is 0 Å². The maximum atomic E-state index is 12.7. The summed E-state index contributed by atoms with van der Waals surface area (Å²) in [5, 5.41) is 40.0. The minimum Gasteiger partial charge on any atom is -0.457 e. The van der Waals surface area contributed by atoms with Gasteiger partial charge in [-0.2, -0.15) is 0 Å². The SMILES string of the molecule is CC/C=C\C/C=C\C/C=C\C/C=C\C/C=C\CCCC(=O)OC(COCCCCCCCC/C=C\CCCCCC)COC1OC(CO)C(O)C(O)C1O. The molecular weight excluding hydrogens is 684 g/mol. The van der Waals surface area contributed by atoms with Crippen molar-refractivity contribution in [1.29, 1.82) is 0 Å². The zero-order valence-corrected chi connectivity index (χ0v) is 33.7. The fourth-order valence-electron chi connectivity index (χ4n) is 5.81. The summed E-state index contributed by atoms with van der Waals surface area (Å²) in [5.74, 6) is -0.375. The van der Waals surface area contributed by atoms with Crippen LogP contribution < -0.4 is 0 Å². The molecule has 0 saturated carbocycles. The molecule has 0 aromatic carbocycles. The van der Waals surface area contributed by atoms with E-state index in [2.05, 4.69) is 86.8 Å². The molecule has 0 aromatic rings. The Balaban J connectivity index is 2.36. The highest BCUT2D eigenvalue weighted by Crippen LogP contribution is 2.22. The van der Waals surface area contributed by atoms with Gasteiger partial charge in [-0.1, -0.05) is 132 Å². The largest absolute Gasteiger partial charge is 0.457 e. The molecule has 0 aromatic heterocycles. The maximum Gasteiger partial charge on any atom is 0.306 e. The topological polar surface area (TPSA) is 135 Å². The van der Waals surface area contributed by atoms with Crippen LogP contribution in [-0.4, -0.2) is 89.6 Å². The molecular formula is C45H76O9.